The normalized spacial score (nSPS) is 11.3. The minimum Gasteiger partial charge on any atom is -0.496 e. The third-order valence-electron chi connectivity index (χ3n) is 4.23. The summed E-state index contributed by atoms with van der Waals surface area (Å²) >= 11 is 0. The van der Waals surface area contributed by atoms with Gasteiger partial charge in [-0.15, -0.1) is 0 Å². The van der Waals surface area contributed by atoms with Crippen LogP contribution in [0, 0.1) is 0 Å². The number of nitrogens with one attached hydrogen (secondary N) is 3. The second kappa shape index (κ2) is 8.21. The van der Waals surface area contributed by atoms with Gasteiger partial charge in [0.1, 0.15) is 5.75 Å². The van der Waals surface area contributed by atoms with Crippen molar-refractivity contribution in [3.8, 4) is 5.75 Å². The number of methoxy groups -OCH3 is 1. The SMILES string of the molecule is COc1ccc(CCC(=O)NNC(=O)c2ccc3[nH]ncc3c2)cc1C(F)(F)F. The van der Waals surface area contributed by atoms with E-state index >= 15 is 0 Å². The fraction of sp³-hybridized carbons (Fsp3) is 0.211. The van der Waals surface area contributed by atoms with E-state index in [2.05, 4.69) is 21.0 Å². The molecule has 10 heteroatoms. The number of carbonyl (C=O) groups excluding carboxylic acids is 2. The van der Waals surface area contributed by atoms with Crippen LogP contribution in [-0.2, 0) is 17.4 Å². The van der Waals surface area contributed by atoms with Gasteiger partial charge in [-0.3, -0.25) is 25.5 Å². The molecule has 0 aliphatic rings. The van der Waals surface area contributed by atoms with Gasteiger partial charge in [-0.25, -0.2) is 0 Å². The quantitative estimate of drug-likeness (QED) is 0.568. The number of aromatic amines is 1. The van der Waals surface area contributed by atoms with E-state index in [9.17, 15) is 22.8 Å². The highest BCUT2D eigenvalue weighted by Crippen LogP contribution is 2.36. The molecule has 3 rings (SSSR count). The number of halogens is 3. The van der Waals surface area contributed by atoms with Crippen LogP contribution in [-0.4, -0.2) is 29.1 Å². The standard InChI is InChI=1S/C19H17F3N4O3/c1-29-16-6-2-11(8-14(16)19(20,21)22)3-7-17(27)25-26-18(28)12-4-5-15-13(9-12)10-23-24-15/h2,4-6,8-10H,3,7H2,1H3,(H,23,24)(H,25,27)(H,26,28). The van der Waals surface area contributed by atoms with Crippen LogP contribution < -0.4 is 15.6 Å². The third kappa shape index (κ3) is 4.84. The van der Waals surface area contributed by atoms with Crippen molar-refractivity contribution in [1.29, 1.82) is 0 Å². The van der Waals surface area contributed by atoms with Crippen LogP contribution in [0.2, 0.25) is 0 Å². The summed E-state index contributed by atoms with van der Waals surface area (Å²) in [6.07, 6.45) is -3.04. The molecule has 0 atom stereocenters. The Balaban J connectivity index is 1.55. The Kier molecular flexibility index (Phi) is 5.71. The summed E-state index contributed by atoms with van der Waals surface area (Å²) in [4.78, 5) is 24.1. The van der Waals surface area contributed by atoms with Crippen LogP contribution >= 0.6 is 0 Å². The van der Waals surface area contributed by atoms with Crippen molar-refractivity contribution in [2.75, 3.05) is 7.11 Å². The number of carbonyl (C=O) groups is 2. The van der Waals surface area contributed by atoms with E-state index in [0.29, 0.717) is 11.1 Å². The highest BCUT2D eigenvalue weighted by atomic mass is 19.4. The lowest BCUT2D eigenvalue weighted by Crippen LogP contribution is -2.41. The topological polar surface area (TPSA) is 96.1 Å². The summed E-state index contributed by atoms with van der Waals surface area (Å²) in [5.74, 6) is -1.34. The van der Waals surface area contributed by atoms with Crippen molar-refractivity contribution in [1.82, 2.24) is 21.0 Å². The molecule has 1 heterocycles. The zero-order valence-electron chi connectivity index (χ0n) is 15.3. The number of hydrogen-bond acceptors (Lipinski definition) is 4. The minimum absolute atomic E-state index is 0.0652. The average Bonchev–Trinajstić information content (AvgIpc) is 3.17. The molecule has 0 radical (unpaired) electrons. The smallest absolute Gasteiger partial charge is 0.419 e. The van der Waals surface area contributed by atoms with Crippen LogP contribution in [0.3, 0.4) is 0 Å². The number of aryl methyl sites for hydroxylation is 1. The fourth-order valence-electron chi connectivity index (χ4n) is 2.74. The average molecular weight is 406 g/mol. The molecule has 0 saturated heterocycles. The Morgan fingerprint density at radius 2 is 1.93 bits per heavy atom. The van der Waals surface area contributed by atoms with Gasteiger partial charge in [0.05, 0.1) is 24.4 Å². The number of H-pyrrole nitrogens is 1. The van der Waals surface area contributed by atoms with E-state index in [0.717, 1.165) is 24.1 Å². The van der Waals surface area contributed by atoms with Gasteiger partial charge in [-0.2, -0.15) is 18.3 Å². The number of aromatic nitrogens is 2. The molecule has 0 aliphatic carbocycles. The largest absolute Gasteiger partial charge is 0.496 e. The molecule has 2 aromatic carbocycles. The predicted molar refractivity (Wildman–Crippen MR) is 98.0 cm³/mol. The first-order chi connectivity index (χ1) is 13.8. The lowest BCUT2D eigenvalue weighted by Gasteiger charge is -2.13. The van der Waals surface area contributed by atoms with Gasteiger partial charge in [0.25, 0.3) is 5.91 Å². The van der Waals surface area contributed by atoms with Gasteiger partial charge in [0.15, 0.2) is 0 Å². The van der Waals surface area contributed by atoms with Crippen LogP contribution in [0.15, 0.2) is 42.6 Å². The van der Waals surface area contributed by atoms with Crippen LogP contribution in [0.4, 0.5) is 13.2 Å². The molecule has 0 aliphatic heterocycles. The molecule has 7 nitrogen and oxygen atoms in total. The zero-order chi connectivity index (χ0) is 21.0. The Bertz CT molecular complexity index is 1050. The first-order valence-corrected chi connectivity index (χ1v) is 8.54. The molecule has 3 N–H and O–H groups in total. The lowest BCUT2D eigenvalue weighted by molar-refractivity contribution is -0.138. The van der Waals surface area contributed by atoms with Crippen molar-refractivity contribution >= 4 is 22.7 Å². The van der Waals surface area contributed by atoms with E-state index < -0.39 is 23.6 Å². The molecule has 3 aromatic rings. The van der Waals surface area contributed by atoms with E-state index in [1.54, 1.807) is 24.4 Å². The molecule has 29 heavy (non-hydrogen) atoms. The monoisotopic (exact) mass is 406 g/mol. The van der Waals surface area contributed by atoms with Gasteiger partial charge < -0.3 is 4.74 Å². The van der Waals surface area contributed by atoms with E-state index in [1.165, 1.54) is 12.1 Å². The highest BCUT2D eigenvalue weighted by Gasteiger charge is 2.34. The number of alkyl halides is 3. The molecule has 0 fully saturated rings. The van der Waals surface area contributed by atoms with Crippen molar-refractivity contribution < 1.29 is 27.5 Å². The Hall–Kier alpha value is -3.56. The first-order valence-electron chi connectivity index (χ1n) is 8.54. The Labute approximate surface area is 163 Å². The number of fused-ring (bicyclic) bond motifs is 1. The maximum Gasteiger partial charge on any atom is 0.419 e. The third-order valence-corrected chi connectivity index (χ3v) is 4.23. The number of hydrogen-bond donors (Lipinski definition) is 3. The number of ether oxygens (including phenoxy) is 1. The predicted octanol–water partition coefficient (Wildman–Crippen LogP) is 2.98. The molecule has 2 amide bonds. The summed E-state index contributed by atoms with van der Waals surface area (Å²) in [5.41, 5.74) is 5.04. The molecule has 0 unspecified atom stereocenters. The minimum atomic E-state index is -4.56. The summed E-state index contributed by atoms with van der Waals surface area (Å²) < 4.78 is 43.9. The maximum atomic E-state index is 13.0. The second-order valence-corrected chi connectivity index (χ2v) is 6.21. The molecule has 0 saturated carbocycles. The van der Waals surface area contributed by atoms with Gasteiger partial charge in [0.2, 0.25) is 5.91 Å². The second-order valence-electron chi connectivity index (χ2n) is 6.21. The van der Waals surface area contributed by atoms with Gasteiger partial charge in [0, 0.05) is 17.4 Å². The Morgan fingerprint density at radius 1 is 1.14 bits per heavy atom. The molecular weight excluding hydrogens is 389 g/mol. The van der Waals surface area contributed by atoms with Gasteiger partial charge in [-0.05, 0) is 42.3 Å². The van der Waals surface area contributed by atoms with Crippen LogP contribution in [0.1, 0.15) is 27.9 Å². The summed E-state index contributed by atoms with van der Waals surface area (Å²) in [7, 11) is 1.16. The van der Waals surface area contributed by atoms with E-state index in [4.69, 9.17) is 4.74 Å². The molecule has 0 bridgehead atoms. The van der Waals surface area contributed by atoms with Crippen LogP contribution in [0.5, 0.6) is 5.75 Å². The van der Waals surface area contributed by atoms with E-state index in [-0.39, 0.29) is 18.6 Å². The molecule has 0 spiro atoms. The van der Waals surface area contributed by atoms with Crippen LogP contribution in [0.25, 0.3) is 10.9 Å². The maximum absolute atomic E-state index is 13.0. The molecule has 152 valence electrons. The fourth-order valence-corrected chi connectivity index (χ4v) is 2.74. The highest BCUT2D eigenvalue weighted by molar-refractivity contribution is 5.98. The summed E-state index contributed by atoms with van der Waals surface area (Å²) in [6.45, 7) is 0. The number of amides is 2. The van der Waals surface area contributed by atoms with E-state index in [1.807, 2.05) is 0 Å². The number of rotatable bonds is 5. The zero-order valence-corrected chi connectivity index (χ0v) is 15.3. The summed E-state index contributed by atoms with van der Waals surface area (Å²) in [5, 5.41) is 7.36. The van der Waals surface area contributed by atoms with Crippen molar-refractivity contribution in [3.05, 3.63) is 59.3 Å². The summed E-state index contributed by atoms with van der Waals surface area (Å²) in [6, 6.07) is 8.48. The van der Waals surface area contributed by atoms with Gasteiger partial charge >= 0.3 is 6.18 Å². The van der Waals surface area contributed by atoms with Gasteiger partial charge in [-0.1, -0.05) is 6.07 Å². The van der Waals surface area contributed by atoms with Crippen molar-refractivity contribution in [2.45, 2.75) is 19.0 Å². The Morgan fingerprint density at radius 3 is 2.66 bits per heavy atom. The molecule has 1 aromatic heterocycles. The number of nitrogens with zero attached hydrogens (tertiary/aromatic N) is 1. The first kappa shape index (κ1) is 20.2. The molecular formula is C19H17F3N4O3. The number of benzene rings is 2. The van der Waals surface area contributed by atoms with Crippen molar-refractivity contribution in [2.24, 2.45) is 0 Å². The lowest BCUT2D eigenvalue weighted by atomic mass is 10.0. The number of hydrazine groups is 1. The van der Waals surface area contributed by atoms with Crippen molar-refractivity contribution in [3.63, 3.8) is 0 Å².